The number of carbonyl (C=O) groups excluding carboxylic acids is 2. The molecule has 0 aromatic carbocycles. The van der Waals surface area contributed by atoms with Gasteiger partial charge in [0.2, 0.25) is 0 Å². The van der Waals surface area contributed by atoms with Crippen LogP contribution in [0.5, 0.6) is 0 Å². The SMILES string of the molecule is CC(=O)N1ON(C(C)=O)O1. The van der Waals surface area contributed by atoms with Crippen LogP contribution in [0.1, 0.15) is 13.8 Å². The first-order chi connectivity index (χ1) is 4.61. The van der Waals surface area contributed by atoms with E-state index in [4.69, 9.17) is 0 Å². The first kappa shape index (κ1) is 6.97. The monoisotopic (exact) mass is 146 g/mol. The molecule has 1 aliphatic heterocycles. The molecule has 1 saturated heterocycles. The molecule has 0 atom stereocenters. The van der Waals surface area contributed by atoms with Crippen LogP contribution in [0.15, 0.2) is 0 Å². The summed E-state index contributed by atoms with van der Waals surface area (Å²) in [6.07, 6.45) is 0. The molecule has 0 aromatic heterocycles. The Bertz CT molecular complexity index is 156. The van der Waals surface area contributed by atoms with E-state index < -0.39 is 11.8 Å². The molecule has 0 unspecified atom stereocenters. The number of amides is 2. The summed E-state index contributed by atoms with van der Waals surface area (Å²) < 4.78 is 0. The summed E-state index contributed by atoms with van der Waals surface area (Å²) in [6.45, 7) is 2.49. The molecule has 0 spiro atoms. The van der Waals surface area contributed by atoms with E-state index >= 15 is 0 Å². The third kappa shape index (κ3) is 1.07. The molecule has 0 radical (unpaired) electrons. The molecule has 10 heavy (non-hydrogen) atoms. The second-order valence-electron chi connectivity index (χ2n) is 1.72. The van der Waals surface area contributed by atoms with Gasteiger partial charge < -0.3 is 0 Å². The van der Waals surface area contributed by atoms with Crippen LogP contribution in [-0.2, 0) is 19.5 Å². The van der Waals surface area contributed by atoms with Crippen molar-refractivity contribution in [3.8, 4) is 0 Å². The average Bonchev–Trinajstić information content (AvgIpc) is 1.56. The summed E-state index contributed by atoms with van der Waals surface area (Å²) in [4.78, 5) is 29.5. The molecule has 0 saturated carbocycles. The molecule has 1 aliphatic rings. The van der Waals surface area contributed by atoms with E-state index in [0.29, 0.717) is 10.5 Å². The maximum absolute atomic E-state index is 10.3. The summed E-state index contributed by atoms with van der Waals surface area (Å²) in [6, 6.07) is 0. The lowest BCUT2D eigenvalue weighted by molar-refractivity contribution is -0.663. The summed E-state index contributed by atoms with van der Waals surface area (Å²) in [5, 5.41) is 1.20. The van der Waals surface area contributed by atoms with Crippen LogP contribution < -0.4 is 0 Å². The fourth-order valence-electron chi connectivity index (χ4n) is 0.371. The average molecular weight is 146 g/mol. The molecule has 0 N–H and O–H groups in total. The minimum absolute atomic E-state index is 0.419. The molecule has 2 amide bonds. The van der Waals surface area contributed by atoms with Crippen molar-refractivity contribution >= 4 is 11.8 Å². The van der Waals surface area contributed by atoms with Gasteiger partial charge in [-0.3, -0.25) is 9.59 Å². The molecule has 0 bridgehead atoms. The number of nitrogens with zero attached hydrogens (tertiary/aromatic N) is 2. The Kier molecular flexibility index (Phi) is 1.56. The molecule has 6 nitrogen and oxygen atoms in total. The topological polar surface area (TPSA) is 59.1 Å². The minimum Gasteiger partial charge on any atom is -0.270 e. The van der Waals surface area contributed by atoms with Gasteiger partial charge in [0.1, 0.15) is 0 Å². The fraction of sp³-hybridized carbons (Fsp3) is 0.500. The van der Waals surface area contributed by atoms with Gasteiger partial charge in [0.05, 0.1) is 0 Å². The number of hydrogen-bond donors (Lipinski definition) is 0. The van der Waals surface area contributed by atoms with Gasteiger partial charge in [-0.25, -0.2) is 0 Å². The van der Waals surface area contributed by atoms with E-state index in [9.17, 15) is 9.59 Å². The van der Waals surface area contributed by atoms with Crippen molar-refractivity contribution in [3.63, 3.8) is 0 Å². The second kappa shape index (κ2) is 2.24. The molecule has 0 aliphatic carbocycles. The normalized spacial score (nSPS) is 16.6. The van der Waals surface area contributed by atoms with Gasteiger partial charge in [-0.15, -0.1) is 0 Å². The molecule has 1 fully saturated rings. The lowest BCUT2D eigenvalue weighted by Crippen LogP contribution is -2.54. The van der Waals surface area contributed by atoms with E-state index in [1.165, 1.54) is 13.8 Å². The summed E-state index contributed by atoms with van der Waals surface area (Å²) >= 11 is 0. The molecule has 6 heteroatoms. The Hall–Kier alpha value is -1.14. The van der Waals surface area contributed by atoms with Crippen LogP contribution in [0, 0.1) is 0 Å². The first-order valence-corrected chi connectivity index (χ1v) is 2.59. The Morgan fingerprint density at radius 3 is 1.50 bits per heavy atom. The predicted molar refractivity (Wildman–Crippen MR) is 27.2 cm³/mol. The van der Waals surface area contributed by atoms with Gasteiger partial charge in [0, 0.05) is 13.8 Å². The van der Waals surface area contributed by atoms with Crippen LogP contribution in [0.25, 0.3) is 0 Å². The zero-order valence-corrected chi connectivity index (χ0v) is 5.53. The van der Waals surface area contributed by atoms with Crippen LogP contribution in [0.4, 0.5) is 0 Å². The van der Waals surface area contributed by atoms with Gasteiger partial charge in [0.25, 0.3) is 11.8 Å². The van der Waals surface area contributed by atoms with Crippen LogP contribution in [-0.4, -0.2) is 22.3 Å². The van der Waals surface area contributed by atoms with Gasteiger partial charge in [-0.1, -0.05) is 9.88 Å². The Labute approximate surface area is 56.7 Å². The second-order valence-corrected chi connectivity index (χ2v) is 1.72. The number of carbonyl (C=O) groups is 2. The maximum atomic E-state index is 10.3. The first-order valence-electron chi connectivity index (χ1n) is 2.59. The third-order valence-corrected chi connectivity index (χ3v) is 0.811. The van der Waals surface area contributed by atoms with Gasteiger partial charge in [0.15, 0.2) is 0 Å². The van der Waals surface area contributed by atoms with Gasteiger partial charge in [-0.05, 0) is 10.5 Å². The summed E-state index contributed by atoms with van der Waals surface area (Å²) in [5.41, 5.74) is 0. The summed E-state index contributed by atoms with van der Waals surface area (Å²) in [5.74, 6) is -0.838. The maximum Gasteiger partial charge on any atom is 0.275 e. The predicted octanol–water partition coefficient (Wildman–Crippen LogP) is -0.610. The Balaban J connectivity index is 2.31. The zero-order chi connectivity index (χ0) is 7.72. The molecule has 1 heterocycles. The van der Waals surface area contributed by atoms with Crippen molar-refractivity contribution in [3.05, 3.63) is 0 Å². The fourth-order valence-corrected chi connectivity index (χ4v) is 0.371. The van der Waals surface area contributed by atoms with Crippen LogP contribution in [0.2, 0.25) is 0 Å². The van der Waals surface area contributed by atoms with Crippen molar-refractivity contribution < 1.29 is 19.5 Å². The highest BCUT2D eigenvalue weighted by Gasteiger charge is 2.33. The molecule has 56 valence electrons. The van der Waals surface area contributed by atoms with Crippen LogP contribution >= 0.6 is 0 Å². The highest BCUT2D eigenvalue weighted by atomic mass is 17.3. The largest absolute Gasteiger partial charge is 0.275 e. The van der Waals surface area contributed by atoms with E-state index in [-0.39, 0.29) is 0 Å². The molecular formula is C4H6N2O4. The molecule has 1 rings (SSSR count). The number of hydroxylamine groups is 4. The van der Waals surface area contributed by atoms with Crippen LogP contribution in [0.3, 0.4) is 0 Å². The highest BCUT2D eigenvalue weighted by molar-refractivity contribution is 5.74. The smallest absolute Gasteiger partial charge is 0.270 e. The number of hydrogen-bond acceptors (Lipinski definition) is 4. The van der Waals surface area contributed by atoms with Crippen molar-refractivity contribution in [2.75, 3.05) is 0 Å². The van der Waals surface area contributed by atoms with Gasteiger partial charge >= 0.3 is 0 Å². The van der Waals surface area contributed by atoms with E-state index in [1.807, 2.05) is 0 Å². The third-order valence-electron chi connectivity index (χ3n) is 0.811. The van der Waals surface area contributed by atoms with E-state index in [2.05, 4.69) is 9.88 Å². The Morgan fingerprint density at radius 2 is 1.30 bits per heavy atom. The van der Waals surface area contributed by atoms with Gasteiger partial charge in [-0.2, -0.15) is 0 Å². The van der Waals surface area contributed by atoms with E-state index in [1.54, 1.807) is 0 Å². The number of rotatable bonds is 0. The van der Waals surface area contributed by atoms with Crippen molar-refractivity contribution in [1.29, 1.82) is 0 Å². The summed E-state index contributed by atoms with van der Waals surface area (Å²) in [7, 11) is 0. The van der Waals surface area contributed by atoms with E-state index in [0.717, 1.165) is 0 Å². The van der Waals surface area contributed by atoms with Crippen molar-refractivity contribution in [2.45, 2.75) is 13.8 Å². The highest BCUT2D eigenvalue weighted by Crippen LogP contribution is 2.12. The molecular weight excluding hydrogens is 140 g/mol. The van der Waals surface area contributed by atoms with Crippen molar-refractivity contribution in [2.24, 2.45) is 0 Å². The standard InChI is InChI=1S/C4H6N2O4/c1-3(7)5-9-6(10-5)4(2)8/h1-2H3. The lowest BCUT2D eigenvalue weighted by atomic mass is 10.7. The zero-order valence-electron chi connectivity index (χ0n) is 5.53. The molecule has 0 aromatic rings. The van der Waals surface area contributed by atoms with Crippen molar-refractivity contribution in [1.82, 2.24) is 10.5 Å². The lowest BCUT2D eigenvalue weighted by Gasteiger charge is -2.33. The Morgan fingerprint density at radius 1 is 1.00 bits per heavy atom. The minimum atomic E-state index is -0.419. The quantitative estimate of drug-likeness (QED) is 0.457.